The minimum absolute atomic E-state index is 0.127. The normalized spacial score (nSPS) is 27.0. The molecule has 110 valence electrons. The molecule has 2 aliphatic heterocycles. The first-order chi connectivity index (χ1) is 10.1. The molecule has 0 N–H and O–H groups in total. The molecule has 21 heavy (non-hydrogen) atoms. The van der Waals surface area contributed by atoms with E-state index in [1.807, 2.05) is 24.3 Å². The summed E-state index contributed by atoms with van der Waals surface area (Å²) in [6.45, 7) is 3.69. The zero-order valence-corrected chi connectivity index (χ0v) is 12.7. The van der Waals surface area contributed by atoms with Crippen molar-refractivity contribution in [1.82, 2.24) is 0 Å². The third-order valence-electron chi connectivity index (χ3n) is 4.11. The maximum absolute atomic E-state index is 13.0. The van der Waals surface area contributed by atoms with E-state index in [9.17, 15) is 9.59 Å². The van der Waals surface area contributed by atoms with E-state index in [2.05, 4.69) is 6.58 Å². The largest absolute Gasteiger partial charge is 0.468 e. The molecule has 3 rings (SSSR count). The number of rotatable bonds is 3. The second-order valence-electron chi connectivity index (χ2n) is 5.28. The summed E-state index contributed by atoms with van der Waals surface area (Å²) in [5.41, 5.74) is 2.08. The number of ether oxygens (including phenoxy) is 1. The van der Waals surface area contributed by atoms with Crippen molar-refractivity contribution in [2.45, 2.75) is 23.6 Å². The molecule has 2 atom stereocenters. The van der Waals surface area contributed by atoms with Crippen LogP contribution in [0.2, 0.25) is 0 Å². The molecule has 0 bridgehead atoms. The number of carbonyl (C=O) groups excluding carboxylic acids is 2. The van der Waals surface area contributed by atoms with Gasteiger partial charge in [0.05, 0.1) is 13.2 Å². The van der Waals surface area contributed by atoms with Crippen molar-refractivity contribution in [1.29, 1.82) is 0 Å². The molecule has 0 spiro atoms. The topological polar surface area (TPSA) is 46.6 Å². The molecule has 0 saturated carbocycles. The molecule has 4 nitrogen and oxygen atoms in total. The van der Waals surface area contributed by atoms with Crippen LogP contribution < -0.4 is 4.90 Å². The van der Waals surface area contributed by atoms with Crippen LogP contribution in [0, 0.1) is 0 Å². The van der Waals surface area contributed by atoms with E-state index in [4.69, 9.17) is 4.74 Å². The number of fused-ring (bicyclic) bond motifs is 3. The summed E-state index contributed by atoms with van der Waals surface area (Å²) in [6, 6.07) is 8.01. The lowest BCUT2D eigenvalue weighted by Crippen LogP contribution is -2.59. The first kappa shape index (κ1) is 14.2. The van der Waals surface area contributed by atoms with Crippen molar-refractivity contribution >= 4 is 29.3 Å². The molecule has 5 heteroatoms. The van der Waals surface area contributed by atoms with Crippen LogP contribution in [0.3, 0.4) is 0 Å². The predicted octanol–water partition coefficient (Wildman–Crippen LogP) is 2.18. The zero-order chi connectivity index (χ0) is 15.0. The standard InChI is InChI=1S/C16H17NO3S/c1-3-8-16(15(19)20-2)14(18)17-12(10-21-16)9-11-6-4-5-7-13(11)17/h3-7,12H,1,8-10H2,2H3. The van der Waals surface area contributed by atoms with Gasteiger partial charge in [0.25, 0.3) is 5.91 Å². The van der Waals surface area contributed by atoms with E-state index in [1.54, 1.807) is 11.0 Å². The van der Waals surface area contributed by atoms with Gasteiger partial charge in [-0.1, -0.05) is 24.3 Å². The number of hydrogen-bond donors (Lipinski definition) is 0. The Morgan fingerprint density at radius 2 is 2.33 bits per heavy atom. The minimum Gasteiger partial charge on any atom is -0.468 e. The fourth-order valence-corrected chi connectivity index (χ4v) is 4.51. The summed E-state index contributed by atoms with van der Waals surface area (Å²) in [4.78, 5) is 27.1. The average molecular weight is 303 g/mol. The molecule has 1 amide bonds. The number of anilines is 1. The van der Waals surface area contributed by atoms with Gasteiger partial charge in [0.15, 0.2) is 4.75 Å². The number of benzene rings is 1. The van der Waals surface area contributed by atoms with Crippen LogP contribution in [0.4, 0.5) is 5.69 Å². The number of hydrogen-bond acceptors (Lipinski definition) is 4. The van der Waals surface area contributed by atoms with Gasteiger partial charge in [-0.2, -0.15) is 0 Å². The van der Waals surface area contributed by atoms with E-state index < -0.39 is 10.7 Å². The van der Waals surface area contributed by atoms with Crippen LogP contribution in [0.1, 0.15) is 12.0 Å². The van der Waals surface area contributed by atoms with Crippen LogP contribution in [0.5, 0.6) is 0 Å². The Kier molecular flexibility index (Phi) is 3.53. The highest BCUT2D eigenvalue weighted by molar-refractivity contribution is 8.02. The number of para-hydroxylation sites is 1. The summed E-state index contributed by atoms with van der Waals surface area (Å²) < 4.78 is 3.71. The molecule has 1 aromatic carbocycles. The fourth-order valence-electron chi connectivity index (χ4n) is 3.11. The van der Waals surface area contributed by atoms with Crippen LogP contribution in [0.25, 0.3) is 0 Å². The Morgan fingerprint density at radius 3 is 3.05 bits per heavy atom. The molecule has 2 unspecified atom stereocenters. The van der Waals surface area contributed by atoms with Crippen molar-refractivity contribution in [2.75, 3.05) is 17.8 Å². The fraction of sp³-hybridized carbons (Fsp3) is 0.375. The molecule has 1 saturated heterocycles. The van der Waals surface area contributed by atoms with Gasteiger partial charge < -0.3 is 9.64 Å². The average Bonchev–Trinajstić information content (AvgIpc) is 2.88. The number of thioether (sulfide) groups is 1. The number of allylic oxidation sites excluding steroid dienone is 1. The van der Waals surface area contributed by atoms with E-state index in [-0.39, 0.29) is 18.4 Å². The number of amides is 1. The SMILES string of the molecule is C=CCC1(C(=O)OC)SCC2Cc3ccccc3N2C1=O. The number of esters is 1. The van der Waals surface area contributed by atoms with Crippen LogP contribution in [-0.4, -0.2) is 35.5 Å². The first-order valence-corrected chi connectivity index (χ1v) is 7.87. The van der Waals surface area contributed by atoms with E-state index in [0.717, 1.165) is 23.4 Å². The van der Waals surface area contributed by atoms with E-state index in [1.165, 1.54) is 18.9 Å². The lowest BCUT2D eigenvalue weighted by atomic mass is 10.0. The van der Waals surface area contributed by atoms with Crippen molar-refractivity contribution < 1.29 is 14.3 Å². The summed E-state index contributed by atoms with van der Waals surface area (Å²) in [7, 11) is 1.32. The first-order valence-electron chi connectivity index (χ1n) is 6.89. The molecule has 1 fully saturated rings. The maximum atomic E-state index is 13.0. The summed E-state index contributed by atoms with van der Waals surface area (Å²) >= 11 is 1.39. The Balaban J connectivity index is 2.04. The number of carbonyl (C=O) groups is 2. The molecule has 2 aliphatic rings. The Hall–Kier alpha value is -1.75. The van der Waals surface area contributed by atoms with Crippen LogP contribution in [-0.2, 0) is 20.7 Å². The Morgan fingerprint density at radius 1 is 1.57 bits per heavy atom. The molecular weight excluding hydrogens is 286 g/mol. The van der Waals surface area contributed by atoms with Crippen molar-refractivity contribution in [3.8, 4) is 0 Å². The van der Waals surface area contributed by atoms with Crippen LogP contribution >= 0.6 is 11.8 Å². The zero-order valence-electron chi connectivity index (χ0n) is 11.9. The molecule has 0 aromatic heterocycles. The molecule has 0 aliphatic carbocycles. The van der Waals surface area contributed by atoms with Gasteiger partial charge in [-0.3, -0.25) is 4.79 Å². The summed E-state index contributed by atoms with van der Waals surface area (Å²) in [5, 5.41) is 0. The smallest absolute Gasteiger partial charge is 0.332 e. The highest BCUT2D eigenvalue weighted by Gasteiger charge is 2.55. The quantitative estimate of drug-likeness (QED) is 0.488. The van der Waals surface area contributed by atoms with Gasteiger partial charge in [0.1, 0.15) is 0 Å². The molecule has 2 heterocycles. The van der Waals surface area contributed by atoms with Gasteiger partial charge in [-0.05, 0) is 24.5 Å². The van der Waals surface area contributed by atoms with Gasteiger partial charge in [0, 0.05) is 11.4 Å². The van der Waals surface area contributed by atoms with Crippen molar-refractivity contribution in [3.63, 3.8) is 0 Å². The van der Waals surface area contributed by atoms with E-state index >= 15 is 0 Å². The van der Waals surface area contributed by atoms with Crippen molar-refractivity contribution in [2.24, 2.45) is 0 Å². The predicted molar refractivity (Wildman–Crippen MR) is 83.4 cm³/mol. The lowest BCUT2D eigenvalue weighted by molar-refractivity contribution is -0.147. The third-order valence-corrected chi connectivity index (χ3v) is 5.66. The molecule has 1 aromatic rings. The highest BCUT2D eigenvalue weighted by Crippen LogP contribution is 2.45. The van der Waals surface area contributed by atoms with Gasteiger partial charge in [-0.15, -0.1) is 18.3 Å². The second-order valence-corrected chi connectivity index (χ2v) is 6.60. The highest BCUT2D eigenvalue weighted by atomic mass is 32.2. The second kappa shape index (κ2) is 5.22. The van der Waals surface area contributed by atoms with Gasteiger partial charge >= 0.3 is 5.97 Å². The summed E-state index contributed by atoms with van der Waals surface area (Å²) in [5.74, 6) is 0.0595. The van der Waals surface area contributed by atoms with Gasteiger partial charge in [0.2, 0.25) is 0 Å². The minimum atomic E-state index is -1.19. The Labute approximate surface area is 128 Å². The maximum Gasteiger partial charge on any atom is 0.332 e. The lowest BCUT2D eigenvalue weighted by Gasteiger charge is -2.40. The van der Waals surface area contributed by atoms with Crippen LogP contribution in [0.15, 0.2) is 36.9 Å². The third kappa shape index (κ3) is 1.99. The molecule has 0 radical (unpaired) electrons. The summed E-state index contributed by atoms with van der Waals surface area (Å²) in [6.07, 6.45) is 2.75. The van der Waals surface area contributed by atoms with Gasteiger partial charge in [-0.25, -0.2) is 4.79 Å². The monoisotopic (exact) mass is 303 g/mol. The van der Waals surface area contributed by atoms with E-state index in [0.29, 0.717) is 0 Å². The molecular formula is C16H17NO3S. The number of nitrogens with zero attached hydrogens (tertiary/aromatic N) is 1. The Bertz CT molecular complexity index is 615. The number of methoxy groups -OCH3 is 1. The van der Waals surface area contributed by atoms with Crippen molar-refractivity contribution in [3.05, 3.63) is 42.5 Å².